The van der Waals surface area contributed by atoms with Crippen molar-refractivity contribution in [3.8, 4) is 0 Å². The van der Waals surface area contributed by atoms with Crippen molar-refractivity contribution in [3.05, 3.63) is 31.9 Å². The number of halogens is 2. The second kappa shape index (κ2) is 3.99. The quantitative estimate of drug-likeness (QED) is 0.355. The number of nitro groups is 1. The Morgan fingerprint density at radius 1 is 1.43 bits per heavy atom. The lowest BCUT2D eigenvalue weighted by Gasteiger charge is -1.98. The molecule has 1 aromatic carbocycles. The van der Waals surface area contributed by atoms with E-state index in [0.717, 1.165) is 12.1 Å². The van der Waals surface area contributed by atoms with Crippen LogP contribution in [0.4, 0.5) is 5.69 Å². The smallest absolute Gasteiger partial charge is 0.258 e. The zero-order valence-electron chi connectivity index (χ0n) is 6.48. The van der Waals surface area contributed by atoms with Crippen LogP contribution in [-0.4, -0.2) is 13.3 Å². The van der Waals surface area contributed by atoms with Crippen LogP contribution in [0.3, 0.4) is 0 Å². The topological polar surface area (TPSA) is 77.3 Å². The molecule has 0 fully saturated rings. The monoisotopic (exact) mass is 347 g/mol. The third-order valence-electron chi connectivity index (χ3n) is 1.38. The molecule has 76 valence electrons. The molecule has 0 heterocycles. The normalized spacial score (nSPS) is 11.3. The van der Waals surface area contributed by atoms with Crippen LogP contribution in [0.25, 0.3) is 0 Å². The summed E-state index contributed by atoms with van der Waals surface area (Å²) >= 11 is 1.84. The predicted molar refractivity (Wildman–Crippen MR) is 58.9 cm³/mol. The highest BCUT2D eigenvalue weighted by molar-refractivity contribution is 14.1. The fourth-order valence-electron chi connectivity index (χ4n) is 0.834. The minimum Gasteiger partial charge on any atom is -0.258 e. The van der Waals surface area contributed by atoms with Crippen molar-refractivity contribution in [1.82, 2.24) is 0 Å². The van der Waals surface area contributed by atoms with Crippen LogP contribution in [-0.2, 0) is 9.05 Å². The van der Waals surface area contributed by atoms with Gasteiger partial charge in [-0.1, -0.05) is 0 Å². The van der Waals surface area contributed by atoms with Gasteiger partial charge in [0.05, 0.1) is 4.92 Å². The lowest BCUT2D eigenvalue weighted by Crippen LogP contribution is -1.99. The Morgan fingerprint density at radius 3 is 2.43 bits per heavy atom. The number of nitrogens with zero attached hydrogens (tertiary/aromatic N) is 1. The van der Waals surface area contributed by atoms with Gasteiger partial charge in [0.15, 0.2) is 4.90 Å². The summed E-state index contributed by atoms with van der Waals surface area (Å²) in [5.74, 6) is 0. The first-order valence-corrected chi connectivity index (χ1v) is 6.60. The summed E-state index contributed by atoms with van der Waals surface area (Å²) in [6.45, 7) is 0. The van der Waals surface area contributed by atoms with Crippen LogP contribution in [0.2, 0.25) is 0 Å². The first kappa shape index (κ1) is 11.7. The van der Waals surface area contributed by atoms with Crippen LogP contribution in [0.15, 0.2) is 23.1 Å². The second-order valence-electron chi connectivity index (χ2n) is 2.31. The minimum absolute atomic E-state index is 0.476. The fraction of sp³-hybridized carbons (Fsp3) is 0. The Labute approximate surface area is 97.8 Å². The Hall–Kier alpha value is -0.410. The molecule has 0 unspecified atom stereocenters. The second-order valence-corrected chi connectivity index (χ2v) is 6.09. The van der Waals surface area contributed by atoms with Crippen LogP contribution < -0.4 is 0 Å². The highest BCUT2D eigenvalue weighted by Gasteiger charge is 2.23. The molecule has 0 radical (unpaired) electrons. The van der Waals surface area contributed by atoms with Gasteiger partial charge in [-0.3, -0.25) is 10.1 Å². The highest BCUT2D eigenvalue weighted by Crippen LogP contribution is 2.28. The van der Waals surface area contributed by atoms with Crippen molar-refractivity contribution in [3.63, 3.8) is 0 Å². The predicted octanol–water partition coefficient (Wildman–Crippen LogP) is 2.13. The molecule has 5 nitrogen and oxygen atoms in total. The third kappa shape index (κ3) is 2.55. The van der Waals surface area contributed by atoms with Crippen LogP contribution in [0, 0.1) is 13.7 Å². The maximum atomic E-state index is 11.0. The Morgan fingerprint density at radius 2 is 2.00 bits per heavy atom. The molecule has 1 aromatic rings. The molecular formula is C6H3ClINO4S. The molecule has 0 spiro atoms. The standard InChI is InChI=1S/C6H3ClINO4S/c7-14(12,13)6-3-4(8)1-2-5(6)9(10)11/h1-3H. The van der Waals surface area contributed by atoms with Gasteiger partial charge in [0, 0.05) is 20.3 Å². The molecule has 14 heavy (non-hydrogen) atoms. The van der Waals surface area contributed by atoms with E-state index in [1.165, 1.54) is 6.07 Å². The number of hydrogen-bond donors (Lipinski definition) is 0. The van der Waals surface area contributed by atoms with E-state index in [1.54, 1.807) is 0 Å². The SMILES string of the molecule is O=[N+]([O-])c1ccc(I)cc1S(=O)(=O)Cl. The maximum Gasteiger partial charge on any atom is 0.289 e. The van der Waals surface area contributed by atoms with Gasteiger partial charge < -0.3 is 0 Å². The van der Waals surface area contributed by atoms with E-state index in [-0.39, 0.29) is 0 Å². The van der Waals surface area contributed by atoms with E-state index in [1.807, 2.05) is 22.6 Å². The third-order valence-corrected chi connectivity index (χ3v) is 3.40. The Kier molecular flexibility index (Phi) is 3.32. The van der Waals surface area contributed by atoms with E-state index in [4.69, 9.17) is 10.7 Å². The fourth-order valence-corrected chi connectivity index (χ4v) is 2.57. The number of nitro benzene ring substituents is 1. The molecule has 0 aliphatic heterocycles. The van der Waals surface area contributed by atoms with E-state index in [0.29, 0.717) is 3.57 Å². The van der Waals surface area contributed by atoms with Crippen LogP contribution >= 0.6 is 33.3 Å². The Bertz CT molecular complexity index is 487. The lowest BCUT2D eigenvalue weighted by molar-refractivity contribution is -0.387. The number of rotatable bonds is 2. The van der Waals surface area contributed by atoms with Crippen molar-refractivity contribution in [2.75, 3.05) is 0 Å². The summed E-state index contributed by atoms with van der Waals surface area (Å²) < 4.78 is 22.5. The van der Waals surface area contributed by atoms with Gasteiger partial charge in [0.2, 0.25) is 0 Å². The van der Waals surface area contributed by atoms with Crippen LogP contribution in [0.5, 0.6) is 0 Å². The van der Waals surface area contributed by atoms with Crippen molar-refractivity contribution in [1.29, 1.82) is 0 Å². The zero-order valence-corrected chi connectivity index (χ0v) is 10.2. The van der Waals surface area contributed by atoms with Crippen molar-refractivity contribution < 1.29 is 13.3 Å². The summed E-state index contributed by atoms with van der Waals surface area (Å²) in [4.78, 5) is 9.20. The number of hydrogen-bond acceptors (Lipinski definition) is 4. The van der Waals surface area contributed by atoms with Gasteiger partial charge in [0.25, 0.3) is 14.7 Å². The maximum absolute atomic E-state index is 11.0. The molecular weight excluding hydrogens is 344 g/mol. The van der Waals surface area contributed by atoms with E-state index >= 15 is 0 Å². The van der Waals surface area contributed by atoms with E-state index < -0.39 is 24.6 Å². The molecule has 8 heteroatoms. The molecule has 1 rings (SSSR count). The summed E-state index contributed by atoms with van der Waals surface area (Å²) in [7, 11) is 0.969. The minimum atomic E-state index is -4.08. The molecule has 0 amide bonds. The summed E-state index contributed by atoms with van der Waals surface area (Å²) in [6, 6.07) is 3.70. The van der Waals surface area contributed by atoms with E-state index in [9.17, 15) is 18.5 Å². The summed E-state index contributed by atoms with van der Waals surface area (Å²) in [6.07, 6.45) is 0. The molecule has 0 aliphatic rings. The lowest BCUT2D eigenvalue weighted by atomic mass is 10.3. The molecule has 0 saturated carbocycles. The molecule has 0 bridgehead atoms. The average molecular weight is 348 g/mol. The van der Waals surface area contributed by atoms with E-state index in [2.05, 4.69) is 0 Å². The summed E-state index contributed by atoms with van der Waals surface area (Å²) in [5, 5.41) is 10.5. The van der Waals surface area contributed by atoms with Crippen molar-refractivity contribution in [2.45, 2.75) is 4.90 Å². The average Bonchev–Trinajstić information content (AvgIpc) is 2.01. The zero-order chi connectivity index (χ0) is 10.9. The first-order chi connectivity index (χ1) is 6.32. The van der Waals surface area contributed by atoms with Crippen molar-refractivity contribution in [2.24, 2.45) is 0 Å². The van der Waals surface area contributed by atoms with Gasteiger partial charge in [-0.15, -0.1) is 0 Å². The molecule has 0 N–H and O–H groups in total. The van der Waals surface area contributed by atoms with Crippen LogP contribution in [0.1, 0.15) is 0 Å². The van der Waals surface area contributed by atoms with Gasteiger partial charge in [-0.25, -0.2) is 8.42 Å². The van der Waals surface area contributed by atoms with Crippen molar-refractivity contribution >= 4 is 48.0 Å². The number of benzene rings is 1. The largest absolute Gasteiger partial charge is 0.289 e. The molecule has 0 atom stereocenters. The summed E-state index contributed by atoms with van der Waals surface area (Å²) in [5.41, 5.74) is -0.514. The molecule has 0 saturated heterocycles. The van der Waals surface area contributed by atoms with Gasteiger partial charge in [0.1, 0.15) is 0 Å². The van der Waals surface area contributed by atoms with Gasteiger partial charge in [-0.05, 0) is 34.7 Å². The Balaban J connectivity index is 3.54. The molecule has 0 aliphatic carbocycles. The highest BCUT2D eigenvalue weighted by atomic mass is 127. The first-order valence-electron chi connectivity index (χ1n) is 3.21. The van der Waals surface area contributed by atoms with Gasteiger partial charge >= 0.3 is 0 Å². The molecule has 0 aromatic heterocycles. The van der Waals surface area contributed by atoms with Gasteiger partial charge in [-0.2, -0.15) is 0 Å².